The van der Waals surface area contributed by atoms with Gasteiger partial charge in [-0.3, -0.25) is 4.98 Å². The van der Waals surface area contributed by atoms with Crippen LogP contribution >= 0.6 is 0 Å². The monoisotopic (exact) mass is 445 g/mol. The normalized spacial score (nSPS) is 17.3. The molecule has 1 aliphatic rings. The quantitative estimate of drug-likeness (QED) is 0.575. The van der Waals surface area contributed by atoms with Crippen LogP contribution < -0.4 is 9.47 Å². The van der Waals surface area contributed by atoms with Crippen LogP contribution in [-0.4, -0.2) is 34.7 Å². The summed E-state index contributed by atoms with van der Waals surface area (Å²) in [6.07, 6.45) is 3.17. The molecule has 0 aliphatic carbocycles. The van der Waals surface area contributed by atoms with Gasteiger partial charge >= 0.3 is 0 Å². The predicted molar refractivity (Wildman–Crippen MR) is 110 cm³/mol. The Balaban J connectivity index is 1.80. The molecular formula is C21H19NO6S2. The third kappa shape index (κ3) is 3.54. The summed E-state index contributed by atoms with van der Waals surface area (Å²) in [7, 11) is -6.33. The first-order valence-electron chi connectivity index (χ1n) is 9.09. The molecule has 156 valence electrons. The molecular weight excluding hydrogens is 426 g/mol. The topological polar surface area (TPSA) is 99.6 Å². The lowest BCUT2D eigenvalue weighted by atomic mass is 10.1. The molecule has 3 aromatic rings. The second-order valence-corrected chi connectivity index (χ2v) is 10.9. The summed E-state index contributed by atoms with van der Waals surface area (Å²) < 4.78 is 63.3. The van der Waals surface area contributed by atoms with E-state index in [1.54, 1.807) is 48.8 Å². The van der Waals surface area contributed by atoms with Crippen LogP contribution in [0.2, 0.25) is 0 Å². The maximum Gasteiger partial charge on any atom is 0.186 e. The van der Waals surface area contributed by atoms with Crippen LogP contribution in [-0.2, 0) is 26.3 Å². The van der Waals surface area contributed by atoms with E-state index >= 15 is 0 Å². The molecule has 1 aliphatic heterocycles. The van der Waals surface area contributed by atoms with Gasteiger partial charge in [0.2, 0.25) is 0 Å². The van der Waals surface area contributed by atoms with Crippen LogP contribution in [0.4, 0.5) is 0 Å². The van der Waals surface area contributed by atoms with Crippen molar-refractivity contribution in [3.05, 3.63) is 78.1 Å². The van der Waals surface area contributed by atoms with Crippen LogP contribution in [0, 0.1) is 0 Å². The van der Waals surface area contributed by atoms with Crippen molar-refractivity contribution >= 4 is 19.7 Å². The fourth-order valence-electron chi connectivity index (χ4n) is 3.54. The molecule has 4 rings (SSSR count). The summed E-state index contributed by atoms with van der Waals surface area (Å²) in [5, 5.41) is -1.26. The van der Waals surface area contributed by atoms with Crippen molar-refractivity contribution in [2.24, 2.45) is 0 Å². The van der Waals surface area contributed by atoms with Crippen molar-refractivity contribution in [1.82, 2.24) is 4.98 Å². The lowest BCUT2D eigenvalue weighted by Gasteiger charge is -2.18. The molecule has 1 unspecified atom stereocenters. The highest BCUT2D eigenvalue weighted by molar-refractivity contribution is 7.96. The van der Waals surface area contributed by atoms with Gasteiger partial charge in [0.1, 0.15) is 23.4 Å². The number of sulfone groups is 2. The fraction of sp³-hybridized carbons (Fsp3) is 0.190. The minimum Gasteiger partial charge on any atom is -0.496 e. The van der Waals surface area contributed by atoms with Gasteiger partial charge in [0, 0.05) is 17.3 Å². The second-order valence-electron chi connectivity index (χ2n) is 6.78. The van der Waals surface area contributed by atoms with Gasteiger partial charge in [-0.2, -0.15) is 0 Å². The molecule has 0 saturated heterocycles. The van der Waals surface area contributed by atoms with Crippen molar-refractivity contribution in [3.63, 3.8) is 0 Å². The van der Waals surface area contributed by atoms with E-state index < -0.39 is 30.7 Å². The Kier molecular flexibility index (Phi) is 5.25. The zero-order valence-corrected chi connectivity index (χ0v) is 17.7. The first-order chi connectivity index (χ1) is 14.3. The average molecular weight is 446 g/mol. The van der Waals surface area contributed by atoms with Gasteiger partial charge in [0.15, 0.2) is 19.7 Å². The molecule has 30 heavy (non-hydrogen) atoms. The fourth-order valence-corrected chi connectivity index (χ4v) is 7.87. The highest BCUT2D eigenvalue weighted by Gasteiger charge is 2.45. The second kappa shape index (κ2) is 7.73. The van der Waals surface area contributed by atoms with Gasteiger partial charge in [-0.15, -0.1) is 0 Å². The average Bonchev–Trinajstić information content (AvgIpc) is 3.05. The van der Waals surface area contributed by atoms with Crippen molar-refractivity contribution < 1.29 is 26.3 Å². The first-order valence-corrected chi connectivity index (χ1v) is 12.3. The molecule has 0 N–H and O–H groups in total. The van der Waals surface area contributed by atoms with Gasteiger partial charge in [-0.05, 0) is 30.3 Å². The van der Waals surface area contributed by atoms with Crippen molar-refractivity contribution in [2.75, 3.05) is 12.9 Å². The van der Waals surface area contributed by atoms with Gasteiger partial charge in [0.05, 0.1) is 28.9 Å². The van der Waals surface area contributed by atoms with E-state index in [4.69, 9.17) is 9.47 Å². The van der Waals surface area contributed by atoms with E-state index in [-0.39, 0.29) is 27.7 Å². The largest absolute Gasteiger partial charge is 0.496 e. The Morgan fingerprint density at radius 2 is 1.83 bits per heavy atom. The smallest absolute Gasteiger partial charge is 0.186 e. The van der Waals surface area contributed by atoms with Crippen LogP contribution in [0.5, 0.6) is 11.5 Å². The summed E-state index contributed by atoms with van der Waals surface area (Å²) in [4.78, 5) is 4.03. The van der Waals surface area contributed by atoms with Gasteiger partial charge in [-0.1, -0.05) is 24.3 Å². The van der Waals surface area contributed by atoms with E-state index in [2.05, 4.69) is 4.98 Å². The van der Waals surface area contributed by atoms with Crippen LogP contribution in [0.15, 0.2) is 76.8 Å². The standard InChI is InChI=1S/C21H19NO6S2/c1-27-21-15(13-28-16-6-5-11-22-12-16)9-10-18-20(21)19(14-29(18,23)24)30(25,26)17-7-3-2-4-8-17/h2-12,19H,13-14H2,1H3. The third-order valence-electron chi connectivity index (χ3n) is 4.94. The van der Waals surface area contributed by atoms with E-state index in [0.717, 1.165) is 0 Å². The first kappa shape index (κ1) is 20.4. The number of nitrogens with zero attached hydrogens (tertiary/aromatic N) is 1. The molecule has 1 atom stereocenters. The summed E-state index contributed by atoms with van der Waals surface area (Å²) in [6, 6.07) is 14.3. The van der Waals surface area contributed by atoms with Crippen LogP contribution in [0.1, 0.15) is 16.4 Å². The molecule has 0 bridgehead atoms. The molecule has 2 aromatic carbocycles. The summed E-state index contributed by atoms with van der Waals surface area (Å²) in [5.41, 5.74) is 0.708. The van der Waals surface area contributed by atoms with Crippen LogP contribution in [0.25, 0.3) is 0 Å². The number of pyridine rings is 1. The molecule has 0 radical (unpaired) electrons. The number of ether oxygens (including phenoxy) is 2. The molecule has 2 heterocycles. The third-order valence-corrected chi connectivity index (χ3v) is 9.03. The molecule has 9 heteroatoms. The van der Waals surface area contributed by atoms with Crippen molar-refractivity contribution in [1.29, 1.82) is 0 Å². The molecule has 7 nitrogen and oxygen atoms in total. The lowest BCUT2D eigenvalue weighted by molar-refractivity contribution is 0.294. The molecule has 0 saturated carbocycles. The number of aromatic nitrogens is 1. The number of fused-ring (bicyclic) bond motifs is 1. The number of rotatable bonds is 6. The summed E-state index contributed by atoms with van der Waals surface area (Å²) >= 11 is 0. The number of hydrogen-bond donors (Lipinski definition) is 0. The Morgan fingerprint density at radius 3 is 2.50 bits per heavy atom. The summed E-state index contributed by atoms with van der Waals surface area (Å²) in [5.74, 6) is 0.214. The van der Waals surface area contributed by atoms with E-state index in [9.17, 15) is 16.8 Å². The predicted octanol–water partition coefficient (Wildman–Crippen LogP) is 2.97. The van der Waals surface area contributed by atoms with Gasteiger partial charge < -0.3 is 9.47 Å². The Morgan fingerprint density at radius 1 is 1.07 bits per heavy atom. The molecule has 1 aromatic heterocycles. The van der Waals surface area contributed by atoms with Crippen molar-refractivity contribution in [2.45, 2.75) is 21.6 Å². The van der Waals surface area contributed by atoms with Gasteiger partial charge in [0.25, 0.3) is 0 Å². The van der Waals surface area contributed by atoms with Crippen LogP contribution in [0.3, 0.4) is 0 Å². The van der Waals surface area contributed by atoms with E-state index in [0.29, 0.717) is 11.3 Å². The van der Waals surface area contributed by atoms with E-state index in [1.165, 1.54) is 25.3 Å². The maximum atomic E-state index is 13.3. The Bertz CT molecular complexity index is 1270. The summed E-state index contributed by atoms with van der Waals surface area (Å²) in [6.45, 7) is 0.0697. The molecule has 0 amide bonds. The lowest BCUT2D eigenvalue weighted by Crippen LogP contribution is -2.16. The zero-order valence-electron chi connectivity index (χ0n) is 16.1. The molecule has 0 spiro atoms. The highest BCUT2D eigenvalue weighted by Crippen LogP contribution is 2.47. The maximum absolute atomic E-state index is 13.3. The highest BCUT2D eigenvalue weighted by atomic mass is 32.2. The number of benzene rings is 2. The SMILES string of the molecule is COc1c(COc2cccnc2)ccc2c1C(S(=O)(=O)c1ccccc1)CS2(=O)=O. The minimum atomic E-state index is -3.95. The Labute approximate surface area is 175 Å². The minimum absolute atomic E-state index is 0.0195. The Hall–Kier alpha value is -2.91. The number of hydrogen-bond acceptors (Lipinski definition) is 7. The van der Waals surface area contributed by atoms with E-state index in [1.807, 2.05) is 0 Å². The number of methoxy groups -OCH3 is 1. The molecule has 0 fully saturated rings. The van der Waals surface area contributed by atoms with Gasteiger partial charge in [-0.25, -0.2) is 16.8 Å². The zero-order chi connectivity index (χ0) is 21.4. The van der Waals surface area contributed by atoms with Crippen molar-refractivity contribution in [3.8, 4) is 11.5 Å².